The molecule has 0 unspecified atom stereocenters. The molecule has 0 saturated carbocycles. The van der Waals surface area contributed by atoms with Crippen molar-refractivity contribution in [3.8, 4) is 0 Å². The Kier molecular flexibility index (Phi) is 3.86. The summed E-state index contributed by atoms with van der Waals surface area (Å²) in [6.07, 6.45) is 1.23. The summed E-state index contributed by atoms with van der Waals surface area (Å²) in [7, 11) is -3.69. The second-order valence-corrected chi connectivity index (χ2v) is 5.90. The van der Waals surface area contributed by atoms with E-state index in [0.29, 0.717) is 17.2 Å². The van der Waals surface area contributed by atoms with Crippen LogP contribution in [0.2, 0.25) is 0 Å². The number of nitrogen functional groups attached to an aromatic ring is 1. The van der Waals surface area contributed by atoms with E-state index in [-0.39, 0.29) is 4.90 Å². The minimum absolute atomic E-state index is 0.0523. The largest absolute Gasteiger partial charge is 0.308 e. The van der Waals surface area contributed by atoms with Crippen molar-refractivity contribution in [1.29, 1.82) is 0 Å². The van der Waals surface area contributed by atoms with Crippen LogP contribution >= 0.6 is 0 Å². The number of hydrazine groups is 1. The Morgan fingerprint density at radius 1 is 1.15 bits per heavy atom. The lowest BCUT2D eigenvalue weighted by molar-refractivity contribution is 0.600. The highest BCUT2D eigenvalue weighted by Crippen LogP contribution is 2.18. The summed E-state index contributed by atoms with van der Waals surface area (Å²) < 4.78 is 26.9. The van der Waals surface area contributed by atoms with Gasteiger partial charge in [-0.2, -0.15) is 0 Å². The molecule has 106 valence electrons. The normalized spacial score (nSPS) is 11.2. The number of anilines is 2. The smallest absolute Gasteiger partial charge is 0.263 e. The van der Waals surface area contributed by atoms with Gasteiger partial charge in [0, 0.05) is 11.9 Å². The summed E-state index contributed by atoms with van der Waals surface area (Å²) in [5.41, 5.74) is 4.21. The van der Waals surface area contributed by atoms with Crippen molar-refractivity contribution >= 4 is 21.5 Å². The molecule has 2 heterocycles. The molecule has 0 aliphatic rings. The molecule has 0 bridgehead atoms. The lowest BCUT2D eigenvalue weighted by Crippen LogP contribution is -2.15. The summed E-state index contributed by atoms with van der Waals surface area (Å²) in [4.78, 5) is 8.13. The Hall–Kier alpha value is -2.19. The molecule has 2 aromatic heterocycles. The van der Waals surface area contributed by atoms with Crippen LogP contribution < -0.4 is 16.0 Å². The van der Waals surface area contributed by atoms with Crippen molar-refractivity contribution in [3.63, 3.8) is 0 Å². The molecular weight excluding hydrogens is 278 g/mol. The van der Waals surface area contributed by atoms with Gasteiger partial charge < -0.3 is 5.43 Å². The second kappa shape index (κ2) is 5.43. The van der Waals surface area contributed by atoms with E-state index in [1.54, 1.807) is 19.1 Å². The Morgan fingerprint density at radius 3 is 2.45 bits per heavy atom. The zero-order valence-electron chi connectivity index (χ0n) is 11.1. The fraction of sp³-hybridized carbons (Fsp3) is 0.167. The van der Waals surface area contributed by atoms with Crippen molar-refractivity contribution in [2.45, 2.75) is 18.7 Å². The molecular formula is C12H15N5O2S. The first kappa shape index (κ1) is 14.2. The van der Waals surface area contributed by atoms with E-state index in [4.69, 9.17) is 5.84 Å². The van der Waals surface area contributed by atoms with Crippen LogP contribution in [0.25, 0.3) is 0 Å². The van der Waals surface area contributed by atoms with E-state index >= 15 is 0 Å². The maximum Gasteiger partial charge on any atom is 0.263 e. The lowest BCUT2D eigenvalue weighted by Gasteiger charge is -2.10. The predicted molar refractivity (Wildman–Crippen MR) is 76.6 cm³/mol. The molecule has 0 amide bonds. The van der Waals surface area contributed by atoms with Crippen molar-refractivity contribution in [3.05, 3.63) is 41.9 Å². The van der Waals surface area contributed by atoms with Gasteiger partial charge in [-0.15, -0.1) is 0 Å². The molecule has 7 nitrogen and oxygen atoms in total. The van der Waals surface area contributed by atoms with Gasteiger partial charge >= 0.3 is 0 Å². The standard InChI is InChI=1S/C12H15N5O2S/c1-8-3-5-11(9(2)15-8)17-20(18,19)10-4-6-12(16-13)14-7-10/h3-7,17H,13H2,1-2H3,(H,14,16). The summed E-state index contributed by atoms with van der Waals surface area (Å²) in [6.45, 7) is 3.58. The average molecular weight is 293 g/mol. The zero-order chi connectivity index (χ0) is 14.8. The Balaban J connectivity index is 2.30. The Morgan fingerprint density at radius 2 is 1.90 bits per heavy atom. The maximum atomic E-state index is 12.2. The number of aromatic nitrogens is 2. The molecule has 8 heteroatoms. The summed E-state index contributed by atoms with van der Waals surface area (Å²) >= 11 is 0. The first-order chi connectivity index (χ1) is 9.42. The first-order valence-corrected chi connectivity index (χ1v) is 7.30. The van der Waals surface area contributed by atoms with Gasteiger partial charge in [-0.3, -0.25) is 9.71 Å². The molecule has 0 aromatic carbocycles. The summed E-state index contributed by atoms with van der Waals surface area (Å²) in [5.74, 6) is 5.57. The SMILES string of the molecule is Cc1ccc(NS(=O)(=O)c2ccc(NN)nc2)c(C)n1. The predicted octanol–water partition coefficient (Wildman–Crippen LogP) is 1.18. The van der Waals surface area contributed by atoms with Crippen molar-refractivity contribution in [2.24, 2.45) is 5.84 Å². The monoisotopic (exact) mass is 293 g/mol. The summed E-state index contributed by atoms with van der Waals surface area (Å²) in [6, 6.07) is 6.32. The molecule has 0 spiro atoms. The lowest BCUT2D eigenvalue weighted by atomic mass is 10.3. The van der Waals surface area contributed by atoms with Gasteiger partial charge in [0.15, 0.2) is 0 Å². The third-order valence-corrected chi connectivity index (χ3v) is 4.01. The van der Waals surface area contributed by atoms with Gasteiger partial charge in [0.1, 0.15) is 10.7 Å². The van der Waals surface area contributed by atoms with Crippen LogP contribution in [0.5, 0.6) is 0 Å². The second-order valence-electron chi connectivity index (χ2n) is 4.21. The number of nitrogens with one attached hydrogen (secondary N) is 2. The Labute approximate surface area is 117 Å². The number of nitrogens with two attached hydrogens (primary N) is 1. The Bertz CT molecular complexity index is 713. The van der Waals surface area contributed by atoms with Crippen LogP contribution in [0.15, 0.2) is 35.4 Å². The van der Waals surface area contributed by atoms with Crippen LogP contribution in [-0.4, -0.2) is 18.4 Å². The molecule has 2 rings (SSSR count). The quantitative estimate of drug-likeness (QED) is 0.577. The van der Waals surface area contributed by atoms with Crippen LogP contribution in [0.4, 0.5) is 11.5 Å². The number of aryl methyl sites for hydroxylation is 2. The third kappa shape index (κ3) is 3.03. The van der Waals surface area contributed by atoms with Crippen LogP contribution in [0.1, 0.15) is 11.4 Å². The van der Waals surface area contributed by atoms with Crippen molar-refractivity contribution in [1.82, 2.24) is 9.97 Å². The highest BCUT2D eigenvalue weighted by Gasteiger charge is 2.16. The van der Waals surface area contributed by atoms with Gasteiger partial charge in [0.05, 0.1) is 11.4 Å². The fourth-order valence-corrected chi connectivity index (χ4v) is 2.68. The minimum Gasteiger partial charge on any atom is -0.308 e. The molecule has 0 aliphatic heterocycles. The molecule has 0 radical (unpaired) electrons. The van der Waals surface area contributed by atoms with Crippen LogP contribution in [-0.2, 0) is 10.0 Å². The zero-order valence-corrected chi connectivity index (χ0v) is 11.9. The van der Waals surface area contributed by atoms with Gasteiger partial charge in [-0.1, -0.05) is 0 Å². The van der Waals surface area contributed by atoms with Gasteiger partial charge in [0.2, 0.25) is 0 Å². The van der Waals surface area contributed by atoms with Crippen molar-refractivity contribution in [2.75, 3.05) is 10.1 Å². The number of hydrogen-bond acceptors (Lipinski definition) is 6. The molecule has 0 atom stereocenters. The fourth-order valence-electron chi connectivity index (χ4n) is 1.62. The molecule has 4 N–H and O–H groups in total. The van der Waals surface area contributed by atoms with E-state index in [1.807, 2.05) is 6.92 Å². The van der Waals surface area contributed by atoms with E-state index in [9.17, 15) is 8.42 Å². The molecule has 0 saturated heterocycles. The average Bonchev–Trinajstić information content (AvgIpc) is 2.42. The number of sulfonamides is 1. The highest BCUT2D eigenvalue weighted by molar-refractivity contribution is 7.92. The van der Waals surface area contributed by atoms with Gasteiger partial charge in [-0.05, 0) is 38.1 Å². The maximum absolute atomic E-state index is 12.2. The number of nitrogens with zero attached hydrogens (tertiary/aromatic N) is 2. The molecule has 0 aliphatic carbocycles. The first-order valence-electron chi connectivity index (χ1n) is 5.82. The van der Waals surface area contributed by atoms with Crippen LogP contribution in [0.3, 0.4) is 0 Å². The molecule has 20 heavy (non-hydrogen) atoms. The third-order valence-electron chi connectivity index (χ3n) is 2.66. The van der Waals surface area contributed by atoms with Crippen molar-refractivity contribution < 1.29 is 8.42 Å². The van der Waals surface area contributed by atoms with E-state index in [0.717, 1.165) is 5.69 Å². The van der Waals surface area contributed by atoms with Crippen LogP contribution in [0, 0.1) is 13.8 Å². The number of rotatable bonds is 4. The number of pyridine rings is 2. The van der Waals surface area contributed by atoms with Gasteiger partial charge in [-0.25, -0.2) is 19.2 Å². The summed E-state index contributed by atoms with van der Waals surface area (Å²) in [5, 5.41) is 0. The molecule has 0 fully saturated rings. The highest BCUT2D eigenvalue weighted by atomic mass is 32.2. The van der Waals surface area contributed by atoms with E-state index in [2.05, 4.69) is 20.1 Å². The van der Waals surface area contributed by atoms with E-state index < -0.39 is 10.0 Å². The van der Waals surface area contributed by atoms with Gasteiger partial charge in [0.25, 0.3) is 10.0 Å². The molecule has 2 aromatic rings. The minimum atomic E-state index is -3.69. The number of hydrogen-bond donors (Lipinski definition) is 3. The van der Waals surface area contributed by atoms with E-state index in [1.165, 1.54) is 18.3 Å². The topological polar surface area (TPSA) is 110 Å².